The molecule has 0 amide bonds. The summed E-state index contributed by atoms with van der Waals surface area (Å²) in [7, 11) is 0. The molecular weight excluding hydrogens is 237 g/mol. The molecule has 1 aromatic carbocycles. The Morgan fingerprint density at radius 1 is 1.20 bits per heavy atom. The number of allylic oxidation sites excluding steroid dienone is 1. The van der Waals surface area contributed by atoms with Crippen LogP contribution in [-0.2, 0) is 0 Å². The fourth-order valence-electron chi connectivity index (χ4n) is 0.993. The molecule has 0 unspecified atom stereocenters. The van der Waals surface area contributed by atoms with Crippen LogP contribution in [0.1, 0.15) is 0 Å². The summed E-state index contributed by atoms with van der Waals surface area (Å²) < 4.78 is 0. The Morgan fingerprint density at radius 3 is 2.60 bits per heavy atom. The lowest BCUT2D eigenvalue weighted by Crippen LogP contribution is -2.37. The van der Waals surface area contributed by atoms with Crippen molar-refractivity contribution in [3.8, 4) is 5.75 Å². The Bertz CT molecular complexity index is 405. The van der Waals surface area contributed by atoms with Gasteiger partial charge in [0.05, 0.1) is 0 Å². The number of hydrazine groups is 1. The standard InChI is InChI=1S/C9H7Cl2N3O/c10-8-6-9(11)13-14(12-8)15-7-4-2-1-3-5-7/h1-6,12H. The first-order valence-corrected chi connectivity index (χ1v) is 4.91. The smallest absolute Gasteiger partial charge is 0.159 e. The van der Waals surface area contributed by atoms with E-state index < -0.39 is 0 Å². The summed E-state index contributed by atoms with van der Waals surface area (Å²) in [4.78, 5) is 5.32. The van der Waals surface area contributed by atoms with Crippen molar-refractivity contribution in [1.82, 2.24) is 10.7 Å². The maximum Gasteiger partial charge on any atom is 0.159 e. The normalized spacial score (nSPS) is 15.2. The highest BCUT2D eigenvalue weighted by atomic mass is 35.5. The number of hydrazone groups is 1. The molecule has 0 aromatic heterocycles. The van der Waals surface area contributed by atoms with Crippen molar-refractivity contribution in [2.24, 2.45) is 5.10 Å². The van der Waals surface area contributed by atoms with Crippen molar-refractivity contribution in [2.45, 2.75) is 0 Å². The van der Waals surface area contributed by atoms with Crippen molar-refractivity contribution in [1.29, 1.82) is 0 Å². The van der Waals surface area contributed by atoms with Gasteiger partial charge in [-0.25, -0.2) is 5.43 Å². The highest BCUT2D eigenvalue weighted by molar-refractivity contribution is 6.69. The van der Waals surface area contributed by atoms with Gasteiger partial charge in [0, 0.05) is 6.08 Å². The number of halogens is 2. The van der Waals surface area contributed by atoms with Crippen LogP contribution in [0.3, 0.4) is 0 Å². The first kappa shape index (κ1) is 10.1. The summed E-state index contributed by atoms with van der Waals surface area (Å²) >= 11 is 11.4. The van der Waals surface area contributed by atoms with Crippen LogP contribution < -0.4 is 10.3 Å². The van der Waals surface area contributed by atoms with Crippen LogP contribution in [0, 0.1) is 0 Å². The van der Waals surface area contributed by atoms with Crippen molar-refractivity contribution in [2.75, 3.05) is 0 Å². The molecule has 0 saturated carbocycles. The molecule has 4 nitrogen and oxygen atoms in total. The lowest BCUT2D eigenvalue weighted by Gasteiger charge is -2.21. The molecule has 0 saturated heterocycles. The zero-order chi connectivity index (χ0) is 10.7. The van der Waals surface area contributed by atoms with Crippen molar-refractivity contribution < 1.29 is 4.84 Å². The van der Waals surface area contributed by atoms with E-state index in [0.717, 1.165) is 5.28 Å². The summed E-state index contributed by atoms with van der Waals surface area (Å²) in [6.45, 7) is 0. The molecule has 6 heteroatoms. The fraction of sp³-hybridized carbons (Fsp3) is 0. The van der Waals surface area contributed by atoms with Crippen LogP contribution in [-0.4, -0.2) is 10.5 Å². The van der Waals surface area contributed by atoms with Crippen molar-refractivity contribution in [3.63, 3.8) is 0 Å². The molecule has 1 heterocycles. The molecule has 1 aliphatic heterocycles. The van der Waals surface area contributed by atoms with Crippen LogP contribution in [0.25, 0.3) is 0 Å². The molecule has 15 heavy (non-hydrogen) atoms. The number of nitrogens with zero attached hydrogens (tertiary/aromatic N) is 2. The van der Waals surface area contributed by atoms with E-state index in [1.807, 2.05) is 18.2 Å². The molecule has 0 radical (unpaired) electrons. The highest BCUT2D eigenvalue weighted by Crippen LogP contribution is 2.13. The minimum atomic E-state index is 0.245. The third-order valence-electron chi connectivity index (χ3n) is 1.57. The summed E-state index contributed by atoms with van der Waals surface area (Å²) in [6.07, 6.45) is 1.48. The van der Waals surface area contributed by atoms with Gasteiger partial charge in [-0.1, -0.05) is 41.4 Å². The SMILES string of the molecule is ClC1=CC(Cl)=NN(Oc2ccccc2)N1. The third-order valence-corrected chi connectivity index (χ3v) is 1.95. The predicted molar refractivity (Wildman–Crippen MR) is 59.3 cm³/mol. The summed E-state index contributed by atoms with van der Waals surface area (Å²) in [5.41, 5.74) is 2.66. The lowest BCUT2D eigenvalue weighted by atomic mass is 10.3. The number of hydrogen-bond acceptors (Lipinski definition) is 4. The van der Waals surface area contributed by atoms with Gasteiger partial charge in [-0.3, -0.25) is 0 Å². The quantitative estimate of drug-likeness (QED) is 0.811. The fourth-order valence-corrected chi connectivity index (χ4v) is 1.40. The number of rotatable bonds is 2. The van der Waals surface area contributed by atoms with Gasteiger partial charge in [-0.15, -0.1) is 5.10 Å². The maximum atomic E-state index is 5.74. The van der Waals surface area contributed by atoms with E-state index in [4.69, 9.17) is 28.0 Å². The molecule has 2 rings (SSSR count). The minimum Gasteiger partial charge on any atom is -0.343 e. The molecule has 1 N–H and O–H groups in total. The Labute approximate surface area is 96.7 Å². The van der Waals surface area contributed by atoms with E-state index in [1.165, 1.54) is 6.08 Å². The van der Waals surface area contributed by atoms with Crippen molar-refractivity contribution in [3.05, 3.63) is 41.6 Å². The molecule has 1 aromatic rings. The highest BCUT2D eigenvalue weighted by Gasteiger charge is 2.11. The second kappa shape index (κ2) is 4.42. The van der Waals surface area contributed by atoms with E-state index in [9.17, 15) is 0 Å². The number of nitrogens with one attached hydrogen (secondary N) is 1. The Kier molecular flexibility index (Phi) is 2.99. The van der Waals surface area contributed by atoms with Crippen LogP contribution in [0.4, 0.5) is 0 Å². The summed E-state index contributed by atoms with van der Waals surface area (Å²) in [6, 6.07) is 9.17. The monoisotopic (exact) mass is 243 g/mol. The first-order chi connectivity index (χ1) is 7.24. The maximum absolute atomic E-state index is 5.74. The molecule has 1 aliphatic rings. The molecule has 0 fully saturated rings. The van der Waals surface area contributed by atoms with Gasteiger partial charge < -0.3 is 4.84 Å². The number of hydrogen-bond donors (Lipinski definition) is 1. The average Bonchev–Trinajstić information content (AvgIpc) is 2.17. The molecule has 0 aliphatic carbocycles. The van der Waals surface area contributed by atoms with Crippen LogP contribution in [0.15, 0.2) is 46.7 Å². The van der Waals surface area contributed by atoms with Gasteiger partial charge >= 0.3 is 0 Å². The summed E-state index contributed by atoms with van der Waals surface area (Å²) in [5, 5.41) is 5.53. The summed E-state index contributed by atoms with van der Waals surface area (Å²) in [5.74, 6) is 0.629. The largest absolute Gasteiger partial charge is 0.343 e. The van der Waals surface area contributed by atoms with Gasteiger partial charge in [-0.05, 0) is 17.4 Å². The Balaban J connectivity index is 2.06. The second-order valence-electron chi connectivity index (χ2n) is 2.70. The predicted octanol–water partition coefficient (Wildman–Crippen LogP) is 2.43. The second-order valence-corrected chi connectivity index (χ2v) is 3.50. The average molecular weight is 244 g/mol. The van der Waals surface area contributed by atoms with E-state index in [2.05, 4.69) is 10.5 Å². The zero-order valence-corrected chi connectivity index (χ0v) is 9.03. The molecule has 0 spiro atoms. The zero-order valence-electron chi connectivity index (χ0n) is 7.52. The topological polar surface area (TPSA) is 36.9 Å². The Hall–Kier alpha value is -1.39. The van der Waals surface area contributed by atoms with Gasteiger partial charge in [0.25, 0.3) is 0 Å². The van der Waals surface area contributed by atoms with Gasteiger partial charge in [0.2, 0.25) is 0 Å². The van der Waals surface area contributed by atoms with Gasteiger partial charge in [0.1, 0.15) is 5.16 Å². The van der Waals surface area contributed by atoms with Crippen LogP contribution in [0.5, 0.6) is 5.75 Å². The third kappa shape index (κ3) is 2.78. The van der Waals surface area contributed by atoms with Gasteiger partial charge in [-0.2, -0.15) is 0 Å². The molecule has 0 atom stereocenters. The lowest BCUT2D eigenvalue weighted by molar-refractivity contribution is -0.0935. The van der Waals surface area contributed by atoms with E-state index >= 15 is 0 Å². The molecular formula is C9H7Cl2N3O. The first-order valence-electron chi connectivity index (χ1n) is 4.15. The van der Waals surface area contributed by atoms with Crippen molar-refractivity contribution >= 4 is 28.4 Å². The van der Waals surface area contributed by atoms with Crippen LogP contribution in [0.2, 0.25) is 0 Å². The number of para-hydroxylation sites is 1. The molecule has 78 valence electrons. The van der Waals surface area contributed by atoms with E-state index in [0.29, 0.717) is 10.9 Å². The van der Waals surface area contributed by atoms with Gasteiger partial charge in [0.15, 0.2) is 10.9 Å². The number of benzene rings is 1. The molecule has 0 bridgehead atoms. The Morgan fingerprint density at radius 2 is 1.93 bits per heavy atom. The van der Waals surface area contributed by atoms with E-state index in [-0.39, 0.29) is 5.17 Å². The minimum absolute atomic E-state index is 0.245. The van der Waals surface area contributed by atoms with E-state index in [1.54, 1.807) is 12.1 Å². The van der Waals surface area contributed by atoms with Crippen LogP contribution >= 0.6 is 23.2 Å².